The number of aldehydes is 1. The molecule has 0 spiro atoms. The zero-order valence-electron chi connectivity index (χ0n) is 7.84. The fourth-order valence-corrected chi connectivity index (χ4v) is 0.703. The third-order valence-corrected chi connectivity index (χ3v) is 1.58. The van der Waals surface area contributed by atoms with Crippen LogP contribution in [0.15, 0.2) is 4.99 Å². The number of methoxy groups -OCH3 is 1. The molecule has 0 aromatic rings. The topological polar surface area (TPSA) is 93.0 Å². The first kappa shape index (κ1) is 12.3. The Bertz CT molecular complexity index is 260. The molecule has 0 aliphatic rings. The molecule has 0 unspecified atom stereocenters. The quantitative estimate of drug-likeness (QED) is 0.523. The predicted octanol–water partition coefficient (Wildman–Crippen LogP) is 0.359. The molecule has 0 saturated carbocycles. The first-order chi connectivity index (χ1) is 6.52. The van der Waals surface area contributed by atoms with Gasteiger partial charge in [0.1, 0.15) is 12.2 Å². The molecule has 0 saturated heterocycles. The van der Waals surface area contributed by atoms with Gasteiger partial charge >= 0.3 is 12.1 Å². The molecule has 78 valence electrons. The van der Waals surface area contributed by atoms with Crippen molar-refractivity contribution in [2.24, 2.45) is 16.8 Å². The minimum Gasteiger partial charge on any atom is -0.481 e. The maximum Gasteiger partial charge on any atom is 0.432 e. The van der Waals surface area contributed by atoms with Crippen LogP contribution in [0.4, 0.5) is 4.79 Å². The highest BCUT2D eigenvalue weighted by Gasteiger charge is 2.22. The maximum absolute atomic E-state index is 10.6. The average molecular weight is 201 g/mol. The molecule has 1 amide bonds. The summed E-state index contributed by atoms with van der Waals surface area (Å²) in [5.41, 5.74) is 0. The maximum atomic E-state index is 10.6. The summed E-state index contributed by atoms with van der Waals surface area (Å²) in [4.78, 5) is 34.7. The summed E-state index contributed by atoms with van der Waals surface area (Å²) in [6, 6.07) is 0. The van der Waals surface area contributed by atoms with Crippen LogP contribution < -0.4 is 0 Å². The first-order valence-electron chi connectivity index (χ1n) is 3.83. The van der Waals surface area contributed by atoms with E-state index in [1.54, 1.807) is 0 Å². The molecule has 14 heavy (non-hydrogen) atoms. The monoisotopic (exact) mass is 201 g/mol. The second kappa shape index (κ2) is 5.85. The van der Waals surface area contributed by atoms with Gasteiger partial charge in [-0.2, -0.15) is 4.99 Å². The molecular formula is C8H11NO5. The molecule has 0 aromatic heterocycles. The lowest BCUT2D eigenvalue weighted by atomic mass is 9.97. The van der Waals surface area contributed by atoms with Crippen LogP contribution in [0.25, 0.3) is 0 Å². The SMILES string of the molecule is COC(=O)N=C[C@H](C(=O)O)[C@@H](C)C=O. The van der Waals surface area contributed by atoms with Gasteiger partial charge < -0.3 is 14.6 Å². The number of hydrogen-bond acceptors (Lipinski definition) is 4. The van der Waals surface area contributed by atoms with E-state index in [2.05, 4.69) is 9.73 Å². The highest BCUT2D eigenvalue weighted by molar-refractivity contribution is 5.95. The van der Waals surface area contributed by atoms with Crippen molar-refractivity contribution >= 4 is 24.6 Å². The lowest BCUT2D eigenvalue weighted by Crippen LogP contribution is -2.24. The number of nitrogens with zero attached hydrogens (tertiary/aromatic N) is 1. The number of aliphatic carboxylic acids is 1. The summed E-state index contributed by atoms with van der Waals surface area (Å²) in [6.45, 7) is 1.43. The van der Waals surface area contributed by atoms with Crippen LogP contribution in [0.3, 0.4) is 0 Å². The van der Waals surface area contributed by atoms with Gasteiger partial charge in [-0.05, 0) is 0 Å². The molecule has 0 radical (unpaired) electrons. The predicted molar refractivity (Wildman–Crippen MR) is 47.3 cm³/mol. The van der Waals surface area contributed by atoms with Crippen LogP contribution in [-0.4, -0.2) is 36.8 Å². The smallest absolute Gasteiger partial charge is 0.432 e. The molecule has 2 atom stereocenters. The average Bonchev–Trinajstić information content (AvgIpc) is 2.16. The van der Waals surface area contributed by atoms with Crippen molar-refractivity contribution in [2.45, 2.75) is 6.92 Å². The number of rotatable bonds is 4. The molecule has 0 bridgehead atoms. The molecule has 6 nitrogen and oxygen atoms in total. The summed E-state index contributed by atoms with van der Waals surface area (Å²) >= 11 is 0. The summed E-state index contributed by atoms with van der Waals surface area (Å²) in [5, 5.41) is 8.66. The lowest BCUT2D eigenvalue weighted by molar-refractivity contribution is -0.141. The fourth-order valence-electron chi connectivity index (χ4n) is 0.703. The number of hydrogen-bond donors (Lipinski definition) is 1. The molecule has 0 fully saturated rings. The van der Waals surface area contributed by atoms with Crippen molar-refractivity contribution in [2.75, 3.05) is 7.11 Å². The molecular weight excluding hydrogens is 190 g/mol. The van der Waals surface area contributed by atoms with Crippen LogP contribution >= 0.6 is 0 Å². The van der Waals surface area contributed by atoms with E-state index in [4.69, 9.17) is 5.11 Å². The van der Waals surface area contributed by atoms with E-state index < -0.39 is 23.9 Å². The summed E-state index contributed by atoms with van der Waals surface area (Å²) in [7, 11) is 1.12. The zero-order chi connectivity index (χ0) is 11.1. The van der Waals surface area contributed by atoms with Crippen LogP contribution in [0.2, 0.25) is 0 Å². The van der Waals surface area contributed by atoms with Gasteiger partial charge in [-0.3, -0.25) is 4.79 Å². The van der Waals surface area contributed by atoms with Gasteiger partial charge in [-0.25, -0.2) is 4.79 Å². The second-order valence-electron chi connectivity index (χ2n) is 2.61. The Kier molecular flexibility index (Phi) is 5.13. The minimum absolute atomic E-state index is 0.488. The van der Waals surface area contributed by atoms with E-state index in [9.17, 15) is 14.4 Å². The van der Waals surface area contributed by atoms with E-state index in [1.807, 2.05) is 0 Å². The van der Waals surface area contributed by atoms with E-state index in [1.165, 1.54) is 6.92 Å². The van der Waals surface area contributed by atoms with Gasteiger partial charge in [0.2, 0.25) is 0 Å². The van der Waals surface area contributed by atoms with Gasteiger partial charge in [0.25, 0.3) is 0 Å². The van der Waals surface area contributed by atoms with Crippen LogP contribution in [0.5, 0.6) is 0 Å². The van der Waals surface area contributed by atoms with Crippen molar-refractivity contribution in [3.8, 4) is 0 Å². The van der Waals surface area contributed by atoms with Crippen molar-refractivity contribution < 1.29 is 24.2 Å². The second-order valence-corrected chi connectivity index (χ2v) is 2.61. The summed E-state index contributed by atoms with van der Waals surface area (Å²) in [5.74, 6) is -3.05. The minimum atomic E-state index is -1.21. The van der Waals surface area contributed by atoms with Gasteiger partial charge in [-0.15, -0.1) is 0 Å². The summed E-state index contributed by atoms with van der Waals surface area (Å²) in [6.07, 6.45) is 0.490. The number of ether oxygens (including phenoxy) is 1. The number of aliphatic imine (C=N–C) groups is 1. The van der Waals surface area contributed by atoms with Gasteiger partial charge in [0.05, 0.1) is 7.11 Å². The number of carbonyl (C=O) groups is 3. The van der Waals surface area contributed by atoms with Crippen LogP contribution in [0, 0.1) is 11.8 Å². The van der Waals surface area contributed by atoms with E-state index in [0.717, 1.165) is 13.3 Å². The Morgan fingerprint density at radius 1 is 1.50 bits per heavy atom. The number of amides is 1. The summed E-state index contributed by atoms with van der Waals surface area (Å²) < 4.78 is 4.18. The molecule has 0 heterocycles. The van der Waals surface area contributed by atoms with Crippen molar-refractivity contribution in [3.05, 3.63) is 0 Å². The Balaban J connectivity index is 4.53. The molecule has 0 aliphatic carbocycles. The Labute approximate surface area is 80.6 Å². The standard InChI is InChI=1S/C8H11NO5/c1-5(4-10)6(7(11)12)3-9-8(13)14-2/h3-6H,1-2H3,(H,11,12)/t5-,6-/m0/s1. The Morgan fingerprint density at radius 3 is 2.43 bits per heavy atom. The van der Waals surface area contributed by atoms with E-state index in [0.29, 0.717) is 6.29 Å². The highest BCUT2D eigenvalue weighted by Crippen LogP contribution is 2.06. The van der Waals surface area contributed by atoms with E-state index in [-0.39, 0.29) is 0 Å². The first-order valence-corrected chi connectivity index (χ1v) is 3.83. The van der Waals surface area contributed by atoms with Gasteiger partial charge in [0.15, 0.2) is 0 Å². The largest absolute Gasteiger partial charge is 0.481 e. The number of carbonyl (C=O) groups excluding carboxylic acids is 2. The van der Waals surface area contributed by atoms with Gasteiger partial charge in [0, 0.05) is 12.1 Å². The van der Waals surface area contributed by atoms with Gasteiger partial charge in [-0.1, -0.05) is 6.92 Å². The highest BCUT2D eigenvalue weighted by atomic mass is 16.5. The molecule has 6 heteroatoms. The van der Waals surface area contributed by atoms with Crippen molar-refractivity contribution in [3.63, 3.8) is 0 Å². The van der Waals surface area contributed by atoms with Crippen molar-refractivity contribution in [1.82, 2.24) is 0 Å². The van der Waals surface area contributed by atoms with Crippen LogP contribution in [0.1, 0.15) is 6.92 Å². The fraction of sp³-hybridized carbons (Fsp3) is 0.500. The normalized spacial score (nSPS) is 14.7. The third-order valence-electron chi connectivity index (χ3n) is 1.58. The zero-order valence-corrected chi connectivity index (χ0v) is 7.84. The lowest BCUT2D eigenvalue weighted by Gasteiger charge is -2.08. The molecule has 0 rings (SSSR count). The third kappa shape index (κ3) is 3.79. The molecule has 1 N–H and O–H groups in total. The Morgan fingerprint density at radius 2 is 2.07 bits per heavy atom. The van der Waals surface area contributed by atoms with E-state index >= 15 is 0 Å². The molecule has 0 aromatic carbocycles. The Hall–Kier alpha value is -1.72. The number of carboxylic acids is 1. The molecule has 0 aliphatic heterocycles. The van der Waals surface area contributed by atoms with Crippen molar-refractivity contribution in [1.29, 1.82) is 0 Å². The van der Waals surface area contributed by atoms with Crippen LogP contribution in [-0.2, 0) is 14.3 Å². The number of carboxylic acid groups (broad SMARTS) is 1.